The fourth-order valence-corrected chi connectivity index (χ4v) is 3.98. The molecule has 174 valence electrons. The third-order valence-corrected chi connectivity index (χ3v) is 5.87. The lowest BCUT2D eigenvalue weighted by molar-refractivity contribution is -0.0795. The molecule has 2 aromatic rings. The highest BCUT2D eigenvalue weighted by atomic mass is 35.5. The molecule has 0 spiro atoms. The van der Waals surface area contributed by atoms with Crippen LogP contribution in [0.4, 0.5) is 0 Å². The Morgan fingerprint density at radius 2 is 1.65 bits per heavy atom. The maximum absolute atomic E-state index is 6.52. The van der Waals surface area contributed by atoms with E-state index >= 15 is 0 Å². The smallest absolute Gasteiger partial charge is 0.156 e. The van der Waals surface area contributed by atoms with Crippen LogP contribution in [0, 0.1) is 0 Å². The molecular formula is C23H36ClN3O4. The molecule has 0 bridgehead atoms. The van der Waals surface area contributed by atoms with Crippen molar-refractivity contribution in [1.82, 2.24) is 14.6 Å². The molecule has 1 aliphatic heterocycles. The Labute approximate surface area is 190 Å². The second-order valence-electron chi connectivity index (χ2n) is 8.01. The SMILES string of the molecule is CCCCOC[C@H]1O[C@@H](c2ccc3c(Cl)ncnn23)[C@H](OCCCC)[C@@H]1OCCCC. The van der Waals surface area contributed by atoms with E-state index in [9.17, 15) is 0 Å². The summed E-state index contributed by atoms with van der Waals surface area (Å²) in [4.78, 5) is 4.08. The Morgan fingerprint density at radius 1 is 0.968 bits per heavy atom. The first-order valence-corrected chi connectivity index (χ1v) is 12.0. The quantitative estimate of drug-likeness (QED) is 0.374. The molecule has 2 aromatic heterocycles. The number of unbranched alkanes of at least 4 members (excludes halogenated alkanes) is 3. The van der Waals surface area contributed by atoms with Crippen LogP contribution in [0.3, 0.4) is 0 Å². The Balaban J connectivity index is 1.85. The molecule has 7 nitrogen and oxygen atoms in total. The third-order valence-electron chi connectivity index (χ3n) is 5.58. The van der Waals surface area contributed by atoms with E-state index in [2.05, 4.69) is 30.9 Å². The zero-order valence-corrected chi connectivity index (χ0v) is 19.7. The predicted octanol–water partition coefficient (Wildman–Crippen LogP) is 5.01. The van der Waals surface area contributed by atoms with Gasteiger partial charge in [0.25, 0.3) is 0 Å². The van der Waals surface area contributed by atoms with Gasteiger partial charge in [-0.3, -0.25) is 0 Å². The van der Waals surface area contributed by atoms with Gasteiger partial charge in [-0.05, 0) is 31.4 Å². The first kappa shape index (κ1) is 24.4. The standard InChI is InChI=1S/C23H36ClN3O4/c1-4-7-12-28-15-19-21(29-13-8-5-2)22(30-14-9-6-3)20(31-19)17-10-11-18-23(24)25-16-26-27(17)18/h10-11,16,19-22H,4-9,12-15H2,1-3H3/t19-,20+,21-,22+/m1/s1. The van der Waals surface area contributed by atoms with Gasteiger partial charge in [0.2, 0.25) is 0 Å². The number of ether oxygens (including phenoxy) is 4. The van der Waals surface area contributed by atoms with Crippen LogP contribution in [0.1, 0.15) is 71.1 Å². The zero-order valence-electron chi connectivity index (χ0n) is 19.0. The van der Waals surface area contributed by atoms with E-state index in [0.29, 0.717) is 25.0 Å². The highest BCUT2D eigenvalue weighted by Crippen LogP contribution is 2.38. The fraction of sp³-hybridized carbons (Fsp3) is 0.739. The zero-order chi connectivity index (χ0) is 22.1. The van der Waals surface area contributed by atoms with Crippen molar-refractivity contribution in [3.05, 3.63) is 29.3 Å². The molecule has 0 saturated carbocycles. The third kappa shape index (κ3) is 6.17. The first-order chi connectivity index (χ1) is 15.2. The van der Waals surface area contributed by atoms with Crippen LogP contribution >= 0.6 is 11.6 Å². The summed E-state index contributed by atoms with van der Waals surface area (Å²) < 4.78 is 26.9. The molecule has 1 aliphatic rings. The van der Waals surface area contributed by atoms with E-state index in [-0.39, 0.29) is 24.4 Å². The van der Waals surface area contributed by atoms with E-state index in [1.165, 1.54) is 6.33 Å². The van der Waals surface area contributed by atoms with E-state index in [0.717, 1.165) is 56.3 Å². The molecule has 0 aliphatic carbocycles. The van der Waals surface area contributed by atoms with Crippen LogP contribution < -0.4 is 0 Å². The summed E-state index contributed by atoms with van der Waals surface area (Å²) in [6, 6.07) is 3.91. The van der Waals surface area contributed by atoms with Crippen LogP contribution in [0.2, 0.25) is 5.15 Å². The number of hydrogen-bond acceptors (Lipinski definition) is 6. The number of nitrogens with zero attached hydrogens (tertiary/aromatic N) is 3. The van der Waals surface area contributed by atoms with Crippen LogP contribution in [0.25, 0.3) is 5.52 Å². The van der Waals surface area contributed by atoms with Gasteiger partial charge in [0.05, 0.1) is 12.3 Å². The number of hydrogen-bond donors (Lipinski definition) is 0. The Kier molecular flexibility index (Phi) is 9.99. The van der Waals surface area contributed by atoms with Crippen molar-refractivity contribution in [1.29, 1.82) is 0 Å². The van der Waals surface area contributed by atoms with Crippen molar-refractivity contribution in [2.45, 2.75) is 83.7 Å². The number of fused-ring (bicyclic) bond motifs is 1. The van der Waals surface area contributed by atoms with Gasteiger partial charge >= 0.3 is 0 Å². The monoisotopic (exact) mass is 453 g/mol. The van der Waals surface area contributed by atoms with Crippen molar-refractivity contribution in [3.63, 3.8) is 0 Å². The van der Waals surface area contributed by atoms with Crippen molar-refractivity contribution >= 4 is 17.1 Å². The number of halogens is 1. The molecule has 1 fully saturated rings. The summed E-state index contributed by atoms with van der Waals surface area (Å²) >= 11 is 6.27. The molecule has 3 heterocycles. The lowest BCUT2D eigenvalue weighted by atomic mass is 10.0. The highest BCUT2D eigenvalue weighted by molar-refractivity contribution is 6.32. The Morgan fingerprint density at radius 3 is 2.35 bits per heavy atom. The molecule has 4 atom stereocenters. The van der Waals surface area contributed by atoms with E-state index in [4.69, 9.17) is 30.5 Å². The molecule has 0 unspecified atom stereocenters. The minimum atomic E-state index is -0.322. The van der Waals surface area contributed by atoms with Gasteiger partial charge in [-0.2, -0.15) is 5.10 Å². The van der Waals surface area contributed by atoms with Crippen molar-refractivity contribution in [2.75, 3.05) is 26.4 Å². The maximum Gasteiger partial charge on any atom is 0.156 e. The van der Waals surface area contributed by atoms with Gasteiger partial charge in [-0.15, -0.1) is 0 Å². The summed E-state index contributed by atoms with van der Waals surface area (Å²) in [5.74, 6) is 0. The summed E-state index contributed by atoms with van der Waals surface area (Å²) in [6.45, 7) is 9.03. The van der Waals surface area contributed by atoms with E-state index < -0.39 is 0 Å². The summed E-state index contributed by atoms with van der Waals surface area (Å²) in [7, 11) is 0. The van der Waals surface area contributed by atoms with Gasteiger partial charge in [-0.1, -0.05) is 51.6 Å². The molecule has 1 saturated heterocycles. The van der Waals surface area contributed by atoms with Crippen LogP contribution in [0.5, 0.6) is 0 Å². The molecule has 31 heavy (non-hydrogen) atoms. The molecular weight excluding hydrogens is 418 g/mol. The molecule has 3 rings (SSSR count). The van der Waals surface area contributed by atoms with Gasteiger partial charge in [0.15, 0.2) is 5.15 Å². The van der Waals surface area contributed by atoms with E-state index in [1.54, 1.807) is 4.52 Å². The minimum absolute atomic E-state index is 0.196. The summed E-state index contributed by atoms with van der Waals surface area (Å²) in [5.41, 5.74) is 1.64. The Hall–Kier alpha value is -1.25. The summed E-state index contributed by atoms with van der Waals surface area (Å²) in [5, 5.41) is 4.82. The fourth-order valence-electron chi connectivity index (χ4n) is 3.80. The largest absolute Gasteiger partial charge is 0.379 e. The lowest BCUT2D eigenvalue weighted by Crippen LogP contribution is -2.38. The van der Waals surface area contributed by atoms with Gasteiger partial charge in [0.1, 0.15) is 36.3 Å². The normalized spacial score (nSPS) is 23.7. The number of aromatic nitrogens is 3. The van der Waals surface area contributed by atoms with Gasteiger partial charge in [-0.25, -0.2) is 9.50 Å². The number of rotatable bonds is 14. The first-order valence-electron chi connectivity index (χ1n) is 11.7. The van der Waals surface area contributed by atoms with Gasteiger partial charge < -0.3 is 18.9 Å². The van der Waals surface area contributed by atoms with Crippen LogP contribution in [-0.2, 0) is 18.9 Å². The van der Waals surface area contributed by atoms with Gasteiger partial charge in [0, 0.05) is 19.8 Å². The van der Waals surface area contributed by atoms with Crippen LogP contribution in [0.15, 0.2) is 18.5 Å². The highest BCUT2D eigenvalue weighted by Gasteiger charge is 2.48. The topological polar surface area (TPSA) is 67.1 Å². The minimum Gasteiger partial charge on any atom is -0.379 e. The van der Waals surface area contributed by atoms with Crippen molar-refractivity contribution < 1.29 is 18.9 Å². The van der Waals surface area contributed by atoms with E-state index in [1.807, 2.05) is 12.1 Å². The second kappa shape index (κ2) is 12.7. The predicted molar refractivity (Wildman–Crippen MR) is 121 cm³/mol. The molecule has 0 amide bonds. The summed E-state index contributed by atoms with van der Waals surface area (Å²) in [6.07, 6.45) is 6.78. The average Bonchev–Trinajstić information content (AvgIpc) is 3.34. The average molecular weight is 454 g/mol. The van der Waals surface area contributed by atoms with Crippen molar-refractivity contribution in [3.8, 4) is 0 Å². The lowest BCUT2D eigenvalue weighted by Gasteiger charge is -2.25. The molecule has 0 radical (unpaired) electrons. The molecule has 0 aromatic carbocycles. The Bertz CT molecular complexity index is 787. The molecule has 8 heteroatoms. The van der Waals surface area contributed by atoms with Crippen molar-refractivity contribution in [2.24, 2.45) is 0 Å². The molecule has 0 N–H and O–H groups in total. The van der Waals surface area contributed by atoms with Crippen LogP contribution in [-0.4, -0.2) is 59.3 Å². The maximum atomic E-state index is 6.52. The second-order valence-corrected chi connectivity index (χ2v) is 8.37.